The lowest BCUT2D eigenvalue weighted by molar-refractivity contribution is 0.101. The van der Waals surface area contributed by atoms with E-state index >= 15 is 0 Å². The first-order valence-corrected chi connectivity index (χ1v) is 5.49. The van der Waals surface area contributed by atoms with Crippen molar-refractivity contribution in [2.75, 3.05) is 6.61 Å². The molecule has 1 aliphatic carbocycles. The molecule has 0 radical (unpaired) electrons. The number of hydrogen-bond donors (Lipinski definition) is 0. The summed E-state index contributed by atoms with van der Waals surface area (Å²) in [5.74, 6) is 1.71. The smallest absolute Gasteiger partial charge is 0.159 e. The Morgan fingerprint density at radius 2 is 2.00 bits per heavy atom. The minimum atomic E-state index is 0.0977. The van der Waals surface area contributed by atoms with Crippen molar-refractivity contribution in [3.05, 3.63) is 29.8 Å². The molecule has 2 heteroatoms. The second-order valence-electron chi connectivity index (χ2n) is 4.19. The predicted molar refractivity (Wildman–Crippen MR) is 59.3 cm³/mol. The van der Waals surface area contributed by atoms with Gasteiger partial charge in [-0.15, -0.1) is 0 Å². The van der Waals surface area contributed by atoms with E-state index in [2.05, 4.69) is 0 Å². The van der Waals surface area contributed by atoms with E-state index in [1.807, 2.05) is 24.3 Å². The number of rotatable bonds is 4. The van der Waals surface area contributed by atoms with E-state index in [9.17, 15) is 4.79 Å². The molecular formula is C13H16O2. The molecule has 2 nitrogen and oxygen atoms in total. The molecular weight excluding hydrogens is 188 g/mol. The van der Waals surface area contributed by atoms with Crippen LogP contribution in [0.2, 0.25) is 0 Å². The summed E-state index contributed by atoms with van der Waals surface area (Å²) >= 11 is 0. The number of Topliss-reactive ketones (excluding diaryl/α,β-unsaturated/α-hetero) is 1. The van der Waals surface area contributed by atoms with Crippen molar-refractivity contribution in [1.82, 2.24) is 0 Å². The van der Waals surface area contributed by atoms with Crippen LogP contribution >= 0.6 is 0 Å². The maximum Gasteiger partial charge on any atom is 0.159 e. The summed E-state index contributed by atoms with van der Waals surface area (Å²) in [6, 6.07) is 7.38. The average molecular weight is 204 g/mol. The molecule has 0 bridgehead atoms. The van der Waals surface area contributed by atoms with E-state index in [1.165, 1.54) is 19.3 Å². The van der Waals surface area contributed by atoms with Crippen LogP contribution in [0.4, 0.5) is 0 Å². The number of ether oxygens (including phenoxy) is 1. The van der Waals surface area contributed by atoms with E-state index in [0.29, 0.717) is 0 Å². The van der Waals surface area contributed by atoms with Gasteiger partial charge in [0.15, 0.2) is 5.78 Å². The largest absolute Gasteiger partial charge is 0.493 e. The van der Waals surface area contributed by atoms with Crippen LogP contribution in [-0.2, 0) is 0 Å². The normalized spacial score (nSPS) is 15.8. The Bertz CT molecular complexity index is 336. The Morgan fingerprint density at radius 3 is 2.47 bits per heavy atom. The number of hydrogen-bond acceptors (Lipinski definition) is 2. The number of benzene rings is 1. The van der Waals surface area contributed by atoms with Gasteiger partial charge in [0.1, 0.15) is 5.75 Å². The van der Waals surface area contributed by atoms with Crippen LogP contribution in [0.25, 0.3) is 0 Å². The summed E-state index contributed by atoms with van der Waals surface area (Å²) in [6.07, 6.45) is 3.94. The lowest BCUT2D eigenvalue weighted by Crippen LogP contribution is -2.19. The van der Waals surface area contributed by atoms with E-state index < -0.39 is 0 Å². The van der Waals surface area contributed by atoms with Gasteiger partial charge in [-0.2, -0.15) is 0 Å². The first kappa shape index (κ1) is 10.2. The van der Waals surface area contributed by atoms with Crippen LogP contribution in [0.3, 0.4) is 0 Å². The van der Waals surface area contributed by atoms with Crippen molar-refractivity contribution in [3.8, 4) is 5.75 Å². The summed E-state index contributed by atoms with van der Waals surface area (Å²) in [6.45, 7) is 2.39. The van der Waals surface area contributed by atoms with Crippen molar-refractivity contribution in [3.63, 3.8) is 0 Å². The van der Waals surface area contributed by atoms with Crippen LogP contribution in [0.5, 0.6) is 5.75 Å². The summed E-state index contributed by atoms with van der Waals surface area (Å²) in [4.78, 5) is 11.0. The van der Waals surface area contributed by atoms with Gasteiger partial charge in [0, 0.05) is 5.56 Å². The zero-order valence-electron chi connectivity index (χ0n) is 9.03. The quantitative estimate of drug-likeness (QED) is 0.704. The fraction of sp³-hybridized carbons (Fsp3) is 0.462. The van der Waals surface area contributed by atoms with Gasteiger partial charge in [-0.25, -0.2) is 0 Å². The summed E-state index contributed by atoms with van der Waals surface area (Å²) in [7, 11) is 0. The first-order chi connectivity index (χ1) is 7.25. The summed E-state index contributed by atoms with van der Waals surface area (Å²) in [5.41, 5.74) is 0.742. The molecule has 15 heavy (non-hydrogen) atoms. The van der Waals surface area contributed by atoms with E-state index in [0.717, 1.165) is 23.8 Å². The molecule has 0 aliphatic heterocycles. The molecule has 1 aliphatic rings. The third-order valence-corrected chi connectivity index (χ3v) is 2.97. The molecule has 1 fully saturated rings. The average Bonchev–Trinajstić information content (AvgIpc) is 2.16. The Morgan fingerprint density at radius 1 is 1.33 bits per heavy atom. The maximum atomic E-state index is 11.0. The topological polar surface area (TPSA) is 26.3 Å². The van der Waals surface area contributed by atoms with Crippen LogP contribution in [0.1, 0.15) is 36.5 Å². The highest BCUT2D eigenvalue weighted by Gasteiger charge is 2.17. The molecule has 0 spiro atoms. The molecule has 0 heterocycles. The van der Waals surface area contributed by atoms with Gasteiger partial charge in [0.25, 0.3) is 0 Å². The minimum Gasteiger partial charge on any atom is -0.493 e. The molecule has 1 saturated carbocycles. The molecule has 2 rings (SSSR count). The highest BCUT2D eigenvalue weighted by atomic mass is 16.5. The molecule has 1 aromatic rings. The van der Waals surface area contributed by atoms with Gasteiger partial charge < -0.3 is 4.74 Å². The van der Waals surface area contributed by atoms with Crippen LogP contribution in [0.15, 0.2) is 24.3 Å². The highest BCUT2D eigenvalue weighted by Crippen LogP contribution is 2.27. The monoisotopic (exact) mass is 204 g/mol. The van der Waals surface area contributed by atoms with Gasteiger partial charge in [0.05, 0.1) is 6.61 Å². The molecule has 0 saturated heterocycles. The maximum absolute atomic E-state index is 11.0. The van der Waals surface area contributed by atoms with E-state index in [1.54, 1.807) is 6.92 Å². The summed E-state index contributed by atoms with van der Waals surface area (Å²) in [5, 5.41) is 0. The summed E-state index contributed by atoms with van der Waals surface area (Å²) < 4.78 is 5.63. The zero-order valence-corrected chi connectivity index (χ0v) is 9.03. The van der Waals surface area contributed by atoms with E-state index in [-0.39, 0.29) is 5.78 Å². The van der Waals surface area contributed by atoms with Crippen LogP contribution in [0, 0.1) is 5.92 Å². The molecule has 0 aromatic heterocycles. The molecule has 0 amide bonds. The standard InChI is InChI=1S/C13H16O2/c1-10(14)12-5-7-13(8-6-12)15-9-11-3-2-4-11/h5-8,11H,2-4,9H2,1H3. The van der Waals surface area contributed by atoms with Gasteiger partial charge in [-0.1, -0.05) is 6.42 Å². The second-order valence-corrected chi connectivity index (χ2v) is 4.19. The minimum absolute atomic E-state index is 0.0977. The highest BCUT2D eigenvalue weighted by molar-refractivity contribution is 5.94. The Hall–Kier alpha value is -1.31. The third-order valence-electron chi connectivity index (χ3n) is 2.97. The fourth-order valence-electron chi connectivity index (χ4n) is 1.66. The lowest BCUT2D eigenvalue weighted by Gasteiger charge is -2.25. The fourth-order valence-corrected chi connectivity index (χ4v) is 1.66. The third kappa shape index (κ3) is 2.58. The second kappa shape index (κ2) is 4.47. The zero-order chi connectivity index (χ0) is 10.7. The Balaban J connectivity index is 1.88. The number of ketones is 1. The van der Waals surface area contributed by atoms with Crippen molar-refractivity contribution < 1.29 is 9.53 Å². The predicted octanol–water partition coefficient (Wildman–Crippen LogP) is 3.07. The van der Waals surface area contributed by atoms with Gasteiger partial charge in [-0.3, -0.25) is 4.79 Å². The Labute approximate surface area is 90.3 Å². The van der Waals surface area contributed by atoms with Crippen LogP contribution in [-0.4, -0.2) is 12.4 Å². The Kier molecular flexibility index (Phi) is 3.05. The van der Waals surface area contributed by atoms with Crippen molar-refractivity contribution >= 4 is 5.78 Å². The first-order valence-electron chi connectivity index (χ1n) is 5.49. The molecule has 0 atom stereocenters. The lowest BCUT2D eigenvalue weighted by atomic mass is 9.86. The van der Waals surface area contributed by atoms with Crippen molar-refractivity contribution in [1.29, 1.82) is 0 Å². The van der Waals surface area contributed by atoms with Crippen molar-refractivity contribution in [2.45, 2.75) is 26.2 Å². The van der Waals surface area contributed by atoms with Crippen molar-refractivity contribution in [2.24, 2.45) is 5.92 Å². The number of carbonyl (C=O) groups is 1. The molecule has 80 valence electrons. The molecule has 0 N–H and O–H groups in total. The van der Waals surface area contributed by atoms with E-state index in [4.69, 9.17) is 4.74 Å². The van der Waals surface area contributed by atoms with Gasteiger partial charge >= 0.3 is 0 Å². The van der Waals surface area contributed by atoms with Crippen LogP contribution < -0.4 is 4.74 Å². The van der Waals surface area contributed by atoms with Gasteiger partial charge in [-0.05, 0) is 49.9 Å². The SMILES string of the molecule is CC(=O)c1ccc(OCC2CCC2)cc1. The molecule has 0 unspecified atom stereocenters. The van der Waals surface area contributed by atoms with Gasteiger partial charge in [0.2, 0.25) is 0 Å². The number of carbonyl (C=O) groups excluding carboxylic acids is 1. The molecule has 1 aromatic carbocycles.